The van der Waals surface area contributed by atoms with Gasteiger partial charge in [-0.1, -0.05) is 0 Å². The third-order valence-corrected chi connectivity index (χ3v) is 3.08. The summed E-state index contributed by atoms with van der Waals surface area (Å²) >= 11 is 0. The van der Waals surface area contributed by atoms with Crippen molar-refractivity contribution in [1.29, 1.82) is 0 Å². The van der Waals surface area contributed by atoms with Gasteiger partial charge in [0.05, 0.1) is 13.2 Å². The second kappa shape index (κ2) is 5.83. The van der Waals surface area contributed by atoms with Crippen LogP contribution in [0.2, 0.25) is 0 Å². The van der Waals surface area contributed by atoms with Gasteiger partial charge in [-0.25, -0.2) is 14.8 Å². The van der Waals surface area contributed by atoms with Crippen LogP contribution in [0, 0.1) is 0 Å². The number of amides is 1. The molecule has 2 rings (SSSR count). The summed E-state index contributed by atoms with van der Waals surface area (Å²) in [6.07, 6.45) is 3.40. The number of anilines is 1. The summed E-state index contributed by atoms with van der Waals surface area (Å²) in [4.78, 5) is 32.8. The number of carbonyl (C=O) groups is 2. The number of rotatable bonds is 5. The van der Waals surface area contributed by atoms with Crippen LogP contribution in [0.1, 0.15) is 6.42 Å². The first-order valence-electron chi connectivity index (χ1n) is 6.14. The van der Waals surface area contributed by atoms with Crippen LogP contribution >= 0.6 is 0 Å². The van der Waals surface area contributed by atoms with Crippen LogP contribution < -0.4 is 10.2 Å². The van der Waals surface area contributed by atoms with E-state index < -0.39 is 17.4 Å². The van der Waals surface area contributed by atoms with Crippen molar-refractivity contribution in [2.45, 2.75) is 12.0 Å². The Morgan fingerprint density at radius 1 is 1.50 bits per heavy atom. The van der Waals surface area contributed by atoms with Gasteiger partial charge in [-0.15, -0.1) is 0 Å². The molecule has 20 heavy (non-hydrogen) atoms. The maximum Gasteiger partial charge on any atom is 0.331 e. The molecule has 1 aromatic rings. The fourth-order valence-electron chi connectivity index (χ4n) is 1.97. The van der Waals surface area contributed by atoms with E-state index in [9.17, 15) is 14.7 Å². The summed E-state index contributed by atoms with van der Waals surface area (Å²) in [5.41, 5.74) is -1.32. The monoisotopic (exact) mass is 280 g/mol. The Hall–Kier alpha value is -2.22. The van der Waals surface area contributed by atoms with E-state index in [4.69, 9.17) is 4.74 Å². The smallest absolute Gasteiger partial charge is 0.331 e. The Morgan fingerprint density at radius 3 is 2.75 bits per heavy atom. The molecule has 2 N–H and O–H groups in total. The molecular weight excluding hydrogens is 264 g/mol. The van der Waals surface area contributed by atoms with Gasteiger partial charge >= 0.3 is 5.97 Å². The minimum atomic E-state index is -1.32. The molecule has 108 valence electrons. The summed E-state index contributed by atoms with van der Waals surface area (Å²) in [6.45, 7) is 0.281. The fourth-order valence-corrected chi connectivity index (χ4v) is 1.97. The summed E-state index contributed by atoms with van der Waals surface area (Å²) in [6, 6.07) is 1.67. The number of hydrogen-bond donors (Lipinski definition) is 2. The fraction of sp³-hybridized carbons (Fsp3) is 0.500. The molecule has 1 fully saturated rings. The van der Waals surface area contributed by atoms with E-state index >= 15 is 0 Å². The van der Waals surface area contributed by atoms with Gasteiger partial charge in [-0.2, -0.15) is 0 Å². The Labute approximate surface area is 115 Å². The second-order valence-electron chi connectivity index (χ2n) is 4.64. The molecule has 1 saturated heterocycles. The number of carboxylic acids is 1. The van der Waals surface area contributed by atoms with Crippen LogP contribution in [0.4, 0.5) is 5.95 Å². The zero-order valence-electron chi connectivity index (χ0n) is 11.1. The van der Waals surface area contributed by atoms with Gasteiger partial charge in [0.15, 0.2) is 5.54 Å². The number of aliphatic carboxylic acids is 1. The predicted molar refractivity (Wildman–Crippen MR) is 69.2 cm³/mol. The largest absolute Gasteiger partial charge is 0.479 e. The van der Waals surface area contributed by atoms with Gasteiger partial charge in [-0.3, -0.25) is 4.79 Å². The van der Waals surface area contributed by atoms with Gasteiger partial charge in [0, 0.05) is 32.5 Å². The minimum Gasteiger partial charge on any atom is -0.479 e. The van der Waals surface area contributed by atoms with Crippen molar-refractivity contribution >= 4 is 17.8 Å². The van der Waals surface area contributed by atoms with E-state index in [2.05, 4.69) is 15.3 Å². The Morgan fingerprint density at radius 2 is 2.20 bits per heavy atom. The van der Waals surface area contributed by atoms with Crippen molar-refractivity contribution in [2.75, 3.05) is 31.7 Å². The lowest BCUT2D eigenvalue weighted by atomic mass is 9.99. The first kappa shape index (κ1) is 14.2. The van der Waals surface area contributed by atoms with E-state index in [0.717, 1.165) is 0 Å². The van der Waals surface area contributed by atoms with Gasteiger partial charge in [0.1, 0.15) is 0 Å². The van der Waals surface area contributed by atoms with Crippen LogP contribution in [-0.4, -0.2) is 59.3 Å². The molecule has 2 heterocycles. The lowest BCUT2D eigenvalue weighted by Gasteiger charge is -2.25. The van der Waals surface area contributed by atoms with Crippen molar-refractivity contribution in [3.8, 4) is 0 Å². The van der Waals surface area contributed by atoms with E-state index in [1.807, 2.05) is 0 Å². The van der Waals surface area contributed by atoms with Crippen molar-refractivity contribution in [2.24, 2.45) is 0 Å². The normalized spacial score (nSPS) is 21.4. The number of nitrogens with one attached hydrogen (secondary N) is 1. The second-order valence-corrected chi connectivity index (χ2v) is 4.64. The topological polar surface area (TPSA) is 105 Å². The molecule has 1 aliphatic rings. The lowest BCUT2D eigenvalue weighted by Crippen LogP contribution is -2.57. The number of carbonyl (C=O) groups excluding carboxylic acids is 1. The molecule has 8 heteroatoms. The Balaban J connectivity index is 1.97. The highest BCUT2D eigenvalue weighted by Crippen LogP contribution is 2.19. The molecule has 1 aromatic heterocycles. The van der Waals surface area contributed by atoms with Crippen molar-refractivity contribution < 1.29 is 19.4 Å². The van der Waals surface area contributed by atoms with Crippen LogP contribution in [0.25, 0.3) is 0 Å². The molecule has 1 aliphatic heterocycles. The zero-order chi connectivity index (χ0) is 14.6. The van der Waals surface area contributed by atoms with E-state index in [1.54, 1.807) is 30.4 Å². The molecular formula is C12H16N4O4. The first-order chi connectivity index (χ1) is 9.53. The quantitative estimate of drug-likeness (QED) is 0.732. The third-order valence-electron chi connectivity index (χ3n) is 3.08. The Kier molecular flexibility index (Phi) is 4.14. The molecule has 0 radical (unpaired) electrons. The lowest BCUT2D eigenvalue weighted by molar-refractivity contribution is -0.147. The van der Waals surface area contributed by atoms with Crippen molar-refractivity contribution in [3.63, 3.8) is 0 Å². The molecule has 1 amide bonds. The number of likely N-dealkylation sites (N-methyl/N-ethyl adjacent to an activating group) is 1. The van der Waals surface area contributed by atoms with Crippen LogP contribution in [0.3, 0.4) is 0 Å². The molecule has 0 bridgehead atoms. The van der Waals surface area contributed by atoms with Crippen LogP contribution in [0.5, 0.6) is 0 Å². The van der Waals surface area contributed by atoms with E-state index in [1.165, 1.54) is 0 Å². The van der Waals surface area contributed by atoms with Gasteiger partial charge in [0.2, 0.25) is 11.9 Å². The molecule has 0 aliphatic carbocycles. The van der Waals surface area contributed by atoms with Crippen LogP contribution in [-0.2, 0) is 14.3 Å². The minimum absolute atomic E-state index is 0.0143. The molecule has 0 aromatic carbocycles. The summed E-state index contributed by atoms with van der Waals surface area (Å²) in [5, 5.41) is 11.8. The number of nitrogens with zero attached hydrogens (tertiary/aromatic N) is 3. The molecule has 8 nitrogen and oxygen atoms in total. The van der Waals surface area contributed by atoms with Gasteiger partial charge < -0.3 is 20.1 Å². The summed E-state index contributed by atoms with van der Waals surface area (Å²) < 4.78 is 5.08. The zero-order valence-corrected chi connectivity index (χ0v) is 11.1. The number of ether oxygens (including phenoxy) is 1. The molecule has 1 atom stereocenters. The predicted octanol–water partition coefficient (Wildman–Crippen LogP) is -0.727. The number of hydrogen-bond acceptors (Lipinski definition) is 6. The molecule has 0 spiro atoms. The Bertz CT molecular complexity index is 487. The SMILES string of the molecule is CN(CC(=O)NC1(C(=O)O)CCOC1)c1ncccn1. The first-order valence-corrected chi connectivity index (χ1v) is 6.14. The maximum absolute atomic E-state index is 12.0. The average Bonchev–Trinajstić information content (AvgIpc) is 2.89. The molecule has 1 unspecified atom stereocenters. The average molecular weight is 280 g/mol. The van der Waals surface area contributed by atoms with E-state index in [0.29, 0.717) is 12.6 Å². The molecule has 0 saturated carbocycles. The highest BCUT2D eigenvalue weighted by atomic mass is 16.5. The highest BCUT2D eigenvalue weighted by Gasteiger charge is 2.43. The van der Waals surface area contributed by atoms with Crippen LogP contribution in [0.15, 0.2) is 18.5 Å². The third kappa shape index (κ3) is 3.02. The number of carboxylic acid groups (broad SMARTS) is 1. The summed E-state index contributed by atoms with van der Waals surface area (Å²) in [7, 11) is 1.66. The van der Waals surface area contributed by atoms with Crippen molar-refractivity contribution in [3.05, 3.63) is 18.5 Å². The highest BCUT2D eigenvalue weighted by molar-refractivity contribution is 5.89. The standard InChI is InChI=1S/C12H16N4O4/c1-16(11-13-4-2-5-14-11)7-9(17)15-12(10(18)19)3-6-20-8-12/h2,4-5H,3,6-8H2,1H3,(H,15,17)(H,18,19). The van der Waals surface area contributed by atoms with E-state index in [-0.39, 0.29) is 19.6 Å². The maximum atomic E-state index is 12.0. The number of aromatic nitrogens is 2. The van der Waals surface area contributed by atoms with Gasteiger partial charge in [-0.05, 0) is 6.07 Å². The van der Waals surface area contributed by atoms with Crippen molar-refractivity contribution in [1.82, 2.24) is 15.3 Å². The summed E-state index contributed by atoms with van der Waals surface area (Å²) in [5.74, 6) is -1.09. The van der Waals surface area contributed by atoms with Gasteiger partial charge in [0.25, 0.3) is 0 Å².